The van der Waals surface area contributed by atoms with Crippen LogP contribution in [0.2, 0.25) is 0 Å². The summed E-state index contributed by atoms with van der Waals surface area (Å²) < 4.78 is 6.08. The zero-order valence-electron chi connectivity index (χ0n) is 17.8. The maximum atomic E-state index is 11.9. The van der Waals surface area contributed by atoms with Crippen molar-refractivity contribution in [2.24, 2.45) is 5.41 Å². The summed E-state index contributed by atoms with van der Waals surface area (Å²) >= 11 is 0. The minimum Gasteiger partial charge on any atom is -0.371 e. The zero-order chi connectivity index (χ0) is 18.9. The summed E-state index contributed by atoms with van der Waals surface area (Å²) in [5, 5.41) is 0. The normalized spacial score (nSPS) is 19.5. The van der Waals surface area contributed by atoms with Crippen LogP contribution in [-0.2, 0) is 9.53 Å². The third kappa shape index (κ3) is 11.0. The van der Waals surface area contributed by atoms with Crippen LogP contribution in [0.5, 0.6) is 0 Å². The third-order valence-electron chi connectivity index (χ3n) is 4.96. The Morgan fingerprint density at radius 3 is 2.04 bits per heavy atom. The van der Waals surface area contributed by atoms with Gasteiger partial charge < -0.3 is 9.64 Å². The second kappa shape index (κ2) is 10.7. The predicted octanol–water partition coefficient (Wildman–Crippen LogP) is 5.61. The Labute approximate surface area is 156 Å². The van der Waals surface area contributed by atoms with Crippen molar-refractivity contribution >= 4 is 5.78 Å². The van der Waals surface area contributed by atoms with E-state index in [9.17, 15) is 4.79 Å². The lowest BCUT2D eigenvalue weighted by molar-refractivity contribution is -0.126. The van der Waals surface area contributed by atoms with Gasteiger partial charge in [-0.3, -0.25) is 4.79 Å². The lowest BCUT2D eigenvalue weighted by Crippen LogP contribution is -2.30. The minimum atomic E-state index is -0.160. The summed E-state index contributed by atoms with van der Waals surface area (Å²) in [5.74, 6) is 0.409. The summed E-state index contributed by atoms with van der Waals surface area (Å²) in [6.07, 6.45) is 11.2. The van der Waals surface area contributed by atoms with Gasteiger partial charge in [0.15, 0.2) is 0 Å². The van der Waals surface area contributed by atoms with Gasteiger partial charge in [-0.05, 0) is 46.6 Å². The maximum absolute atomic E-state index is 11.9. The van der Waals surface area contributed by atoms with E-state index in [0.717, 1.165) is 19.4 Å². The molecule has 0 aromatic heterocycles. The fraction of sp³-hybridized carbons (Fsp3) is 0.955. The number of hydrogen-bond acceptors (Lipinski definition) is 3. The monoisotopic (exact) mass is 353 g/mol. The first-order valence-electron chi connectivity index (χ1n) is 10.5. The summed E-state index contributed by atoms with van der Waals surface area (Å²) in [7, 11) is 0. The molecule has 0 saturated carbocycles. The van der Waals surface area contributed by atoms with Crippen LogP contribution in [0.4, 0.5) is 0 Å². The molecule has 1 heterocycles. The summed E-state index contributed by atoms with van der Waals surface area (Å²) in [6, 6.07) is 0. The van der Waals surface area contributed by atoms with E-state index in [1.807, 2.05) is 20.8 Å². The van der Waals surface area contributed by atoms with Crippen molar-refractivity contribution in [2.45, 2.75) is 111 Å². The number of carbonyl (C=O) groups excluding carboxylic acids is 1. The van der Waals surface area contributed by atoms with Crippen molar-refractivity contribution < 1.29 is 9.53 Å². The molecule has 1 saturated heterocycles. The van der Waals surface area contributed by atoms with Crippen LogP contribution in [0.3, 0.4) is 0 Å². The van der Waals surface area contributed by atoms with Crippen molar-refractivity contribution in [3.05, 3.63) is 0 Å². The molecule has 1 rings (SSSR count). The molecule has 3 nitrogen and oxygen atoms in total. The quantitative estimate of drug-likeness (QED) is 0.452. The minimum absolute atomic E-state index is 0.0157. The lowest BCUT2D eigenvalue weighted by atomic mass is 9.88. The van der Waals surface area contributed by atoms with Crippen molar-refractivity contribution in [2.75, 3.05) is 19.6 Å². The number of hydrogen-bond donors (Lipinski definition) is 0. The molecule has 1 atom stereocenters. The number of nitrogens with zero attached hydrogens (tertiary/aromatic N) is 1. The van der Waals surface area contributed by atoms with Gasteiger partial charge in [0.25, 0.3) is 0 Å². The van der Waals surface area contributed by atoms with Gasteiger partial charge in [0.05, 0.1) is 11.7 Å². The first kappa shape index (κ1) is 22.6. The molecule has 0 aromatic rings. The SMILES string of the molecule is CC(C)(C)O[C@@H]1CCN(CCCCCCCCCC(=O)C(C)(C)C)C1. The van der Waals surface area contributed by atoms with Crippen molar-refractivity contribution in [1.82, 2.24) is 4.90 Å². The van der Waals surface area contributed by atoms with E-state index < -0.39 is 0 Å². The topological polar surface area (TPSA) is 29.5 Å². The number of likely N-dealkylation sites (tertiary alicyclic amines) is 1. The number of carbonyl (C=O) groups is 1. The molecule has 1 aliphatic heterocycles. The van der Waals surface area contributed by atoms with Crippen LogP contribution in [-0.4, -0.2) is 42.0 Å². The van der Waals surface area contributed by atoms with Crippen LogP contribution < -0.4 is 0 Å². The van der Waals surface area contributed by atoms with Gasteiger partial charge in [-0.15, -0.1) is 0 Å². The molecule has 1 fully saturated rings. The van der Waals surface area contributed by atoms with Crippen LogP contribution in [0, 0.1) is 5.41 Å². The molecule has 148 valence electrons. The predicted molar refractivity (Wildman–Crippen MR) is 107 cm³/mol. The molecule has 0 bridgehead atoms. The number of rotatable bonds is 11. The van der Waals surface area contributed by atoms with Gasteiger partial charge in [0.1, 0.15) is 5.78 Å². The Bertz CT molecular complexity index is 378. The largest absolute Gasteiger partial charge is 0.371 e. The lowest BCUT2D eigenvalue weighted by Gasteiger charge is -2.25. The Morgan fingerprint density at radius 1 is 0.920 bits per heavy atom. The highest BCUT2D eigenvalue weighted by molar-refractivity contribution is 5.83. The first-order chi connectivity index (χ1) is 11.6. The average Bonchev–Trinajstić information content (AvgIpc) is 2.89. The number of ketones is 1. The number of ether oxygens (including phenoxy) is 1. The Balaban J connectivity index is 1.92. The third-order valence-corrected chi connectivity index (χ3v) is 4.96. The molecule has 0 amide bonds. The van der Waals surface area contributed by atoms with E-state index in [1.165, 1.54) is 58.0 Å². The van der Waals surface area contributed by atoms with E-state index in [4.69, 9.17) is 4.74 Å². The van der Waals surface area contributed by atoms with Crippen LogP contribution in [0.15, 0.2) is 0 Å². The second-order valence-corrected chi connectivity index (χ2v) is 9.84. The molecule has 25 heavy (non-hydrogen) atoms. The van der Waals surface area contributed by atoms with Crippen LogP contribution >= 0.6 is 0 Å². The molecule has 0 unspecified atom stereocenters. The Kier molecular flexibility index (Phi) is 9.66. The standard InChI is InChI=1S/C22H43NO2/c1-21(2,3)20(24)14-12-10-8-7-9-11-13-16-23-17-15-19(18-23)25-22(4,5)6/h19H,7-18H2,1-6H3/t19-/m1/s1. The molecule has 0 N–H and O–H groups in total. The van der Waals surface area contributed by atoms with E-state index >= 15 is 0 Å². The van der Waals surface area contributed by atoms with Gasteiger partial charge in [-0.1, -0.05) is 52.9 Å². The molecular weight excluding hydrogens is 310 g/mol. The average molecular weight is 354 g/mol. The Morgan fingerprint density at radius 2 is 1.48 bits per heavy atom. The molecule has 0 aromatic carbocycles. The number of unbranched alkanes of at least 4 members (excludes halogenated alkanes) is 6. The van der Waals surface area contributed by atoms with E-state index in [1.54, 1.807) is 0 Å². The van der Waals surface area contributed by atoms with Gasteiger partial charge in [0, 0.05) is 24.9 Å². The highest BCUT2D eigenvalue weighted by atomic mass is 16.5. The molecule has 0 radical (unpaired) electrons. The maximum Gasteiger partial charge on any atom is 0.138 e. The summed E-state index contributed by atoms with van der Waals surface area (Å²) in [4.78, 5) is 14.4. The molecule has 3 heteroatoms. The van der Waals surface area contributed by atoms with Gasteiger partial charge in [-0.2, -0.15) is 0 Å². The van der Waals surface area contributed by atoms with E-state index in [-0.39, 0.29) is 11.0 Å². The molecule has 1 aliphatic rings. The first-order valence-corrected chi connectivity index (χ1v) is 10.5. The van der Waals surface area contributed by atoms with Crippen LogP contribution in [0.25, 0.3) is 0 Å². The van der Waals surface area contributed by atoms with Crippen molar-refractivity contribution in [1.29, 1.82) is 0 Å². The van der Waals surface area contributed by atoms with Crippen LogP contribution in [0.1, 0.15) is 99.3 Å². The molecule has 0 aliphatic carbocycles. The van der Waals surface area contributed by atoms with E-state index in [2.05, 4.69) is 25.7 Å². The fourth-order valence-electron chi connectivity index (χ4n) is 3.48. The summed E-state index contributed by atoms with van der Waals surface area (Å²) in [6.45, 7) is 16.0. The highest BCUT2D eigenvalue weighted by Gasteiger charge is 2.26. The van der Waals surface area contributed by atoms with Crippen molar-refractivity contribution in [3.8, 4) is 0 Å². The van der Waals surface area contributed by atoms with Crippen molar-refractivity contribution in [3.63, 3.8) is 0 Å². The highest BCUT2D eigenvalue weighted by Crippen LogP contribution is 2.21. The second-order valence-electron chi connectivity index (χ2n) is 9.84. The van der Waals surface area contributed by atoms with Gasteiger partial charge in [-0.25, -0.2) is 0 Å². The number of Topliss-reactive ketones (excluding diaryl/α,β-unsaturated/α-hetero) is 1. The van der Waals surface area contributed by atoms with E-state index in [0.29, 0.717) is 11.9 Å². The fourth-order valence-corrected chi connectivity index (χ4v) is 3.48. The van der Waals surface area contributed by atoms with Gasteiger partial charge in [0.2, 0.25) is 0 Å². The smallest absolute Gasteiger partial charge is 0.138 e. The van der Waals surface area contributed by atoms with Gasteiger partial charge >= 0.3 is 0 Å². The zero-order valence-corrected chi connectivity index (χ0v) is 17.8. The Hall–Kier alpha value is -0.410. The molecular formula is C22H43NO2. The molecule has 0 spiro atoms. The summed E-state index contributed by atoms with van der Waals surface area (Å²) in [5.41, 5.74) is -0.176.